The zero-order valence-corrected chi connectivity index (χ0v) is 18.8. The molecule has 1 heterocycles. The molecule has 0 atom stereocenters. The van der Waals surface area contributed by atoms with E-state index in [9.17, 15) is 14.4 Å². The number of carbonyl (C=O) groups excluding carboxylic acids is 3. The zero-order valence-electron chi connectivity index (χ0n) is 18.8. The van der Waals surface area contributed by atoms with E-state index in [1.807, 2.05) is 6.07 Å². The molecule has 2 aliphatic rings. The number of hydrogen-bond donors (Lipinski definition) is 3. The fourth-order valence-corrected chi connectivity index (χ4v) is 4.09. The number of anilines is 2. The lowest BCUT2D eigenvalue weighted by molar-refractivity contribution is -0.116. The molecule has 3 N–H and O–H groups in total. The first-order chi connectivity index (χ1) is 15.6. The number of rotatable bonds is 8. The predicted octanol–water partition coefficient (Wildman–Crippen LogP) is 2.66. The van der Waals surface area contributed by atoms with Gasteiger partial charge in [0.05, 0.1) is 31.6 Å². The summed E-state index contributed by atoms with van der Waals surface area (Å²) in [6, 6.07) is 5.42. The van der Waals surface area contributed by atoms with E-state index in [2.05, 4.69) is 20.9 Å². The van der Waals surface area contributed by atoms with Gasteiger partial charge in [-0.3, -0.25) is 4.79 Å². The van der Waals surface area contributed by atoms with Crippen molar-refractivity contribution in [2.24, 2.45) is 0 Å². The molecule has 3 rings (SSSR count). The number of morpholine rings is 1. The fraction of sp³-hybridized carbons (Fsp3) is 0.609. The van der Waals surface area contributed by atoms with E-state index in [1.54, 1.807) is 12.1 Å². The summed E-state index contributed by atoms with van der Waals surface area (Å²) in [6.45, 7) is 3.17. The maximum Gasteiger partial charge on any atom is 0.340 e. The Bertz CT molecular complexity index is 789. The Hall–Kier alpha value is -2.81. The Kier molecular flexibility index (Phi) is 9.15. The van der Waals surface area contributed by atoms with Gasteiger partial charge >= 0.3 is 12.0 Å². The van der Waals surface area contributed by atoms with Gasteiger partial charge in [-0.1, -0.05) is 19.3 Å². The Morgan fingerprint density at radius 3 is 2.59 bits per heavy atom. The van der Waals surface area contributed by atoms with E-state index in [4.69, 9.17) is 9.47 Å². The summed E-state index contributed by atoms with van der Waals surface area (Å²) < 4.78 is 10.3. The van der Waals surface area contributed by atoms with Crippen molar-refractivity contribution in [3.63, 3.8) is 0 Å². The van der Waals surface area contributed by atoms with Gasteiger partial charge in [0.2, 0.25) is 5.91 Å². The van der Waals surface area contributed by atoms with E-state index in [0.29, 0.717) is 37.4 Å². The topological polar surface area (TPSA) is 109 Å². The molecule has 1 aliphatic carbocycles. The van der Waals surface area contributed by atoms with Crippen LogP contribution in [0.2, 0.25) is 0 Å². The summed E-state index contributed by atoms with van der Waals surface area (Å²) in [4.78, 5) is 38.8. The van der Waals surface area contributed by atoms with E-state index >= 15 is 0 Å². The third kappa shape index (κ3) is 7.12. The smallest absolute Gasteiger partial charge is 0.340 e. The molecule has 0 aromatic heterocycles. The Labute approximate surface area is 189 Å². The van der Waals surface area contributed by atoms with Crippen LogP contribution < -0.4 is 20.9 Å². The largest absolute Gasteiger partial charge is 0.465 e. The second kappa shape index (κ2) is 12.3. The Morgan fingerprint density at radius 2 is 1.88 bits per heavy atom. The van der Waals surface area contributed by atoms with E-state index < -0.39 is 5.97 Å². The van der Waals surface area contributed by atoms with Crippen LogP contribution in [0, 0.1) is 0 Å². The molecular weight excluding hydrogens is 412 g/mol. The number of esters is 1. The summed E-state index contributed by atoms with van der Waals surface area (Å²) in [5.74, 6) is -0.722. The molecule has 32 heavy (non-hydrogen) atoms. The van der Waals surface area contributed by atoms with Crippen LogP contribution in [0.1, 0.15) is 55.3 Å². The highest BCUT2D eigenvalue weighted by molar-refractivity contribution is 6.02. The van der Waals surface area contributed by atoms with E-state index in [-0.39, 0.29) is 24.4 Å². The highest BCUT2D eigenvalue weighted by atomic mass is 16.5. The van der Waals surface area contributed by atoms with Gasteiger partial charge in [-0.2, -0.15) is 0 Å². The molecule has 9 nitrogen and oxygen atoms in total. The zero-order chi connectivity index (χ0) is 22.8. The number of nitrogens with one attached hydrogen (secondary N) is 3. The van der Waals surface area contributed by atoms with Crippen LogP contribution in [-0.2, 0) is 14.3 Å². The highest BCUT2D eigenvalue weighted by Crippen LogP contribution is 2.25. The van der Waals surface area contributed by atoms with Crippen LogP contribution in [0.15, 0.2) is 18.2 Å². The van der Waals surface area contributed by atoms with Gasteiger partial charge in [0.15, 0.2) is 0 Å². The van der Waals surface area contributed by atoms with Crippen molar-refractivity contribution in [2.45, 2.75) is 51.0 Å². The number of carbonyl (C=O) groups is 3. The number of benzene rings is 1. The molecule has 1 aromatic rings. The SMILES string of the molecule is COC(=O)c1cc(N2CCOCC2)ccc1NC(=O)CCCNC(=O)NC1CCCCC1. The van der Waals surface area contributed by atoms with E-state index in [0.717, 1.165) is 44.5 Å². The van der Waals surface area contributed by atoms with Gasteiger partial charge in [0.1, 0.15) is 0 Å². The molecule has 1 aromatic carbocycles. The molecule has 0 bridgehead atoms. The lowest BCUT2D eigenvalue weighted by Gasteiger charge is -2.29. The van der Waals surface area contributed by atoms with Crippen LogP contribution in [0.4, 0.5) is 16.2 Å². The van der Waals surface area contributed by atoms with Gasteiger partial charge in [0, 0.05) is 37.8 Å². The summed E-state index contributed by atoms with van der Waals surface area (Å²) in [5, 5.41) is 8.60. The molecule has 1 saturated carbocycles. The number of ether oxygens (including phenoxy) is 2. The second-order valence-corrected chi connectivity index (χ2v) is 8.21. The molecule has 1 saturated heterocycles. The van der Waals surface area contributed by atoms with Crippen LogP contribution in [-0.4, -0.2) is 63.9 Å². The van der Waals surface area contributed by atoms with Crippen molar-refractivity contribution in [2.75, 3.05) is 50.2 Å². The minimum absolute atomic E-state index is 0.177. The van der Waals surface area contributed by atoms with Crippen LogP contribution >= 0.6 is 0 Å². The number of urea groups is 1. The third-order valence-electron chi connectivity index (χ3n) is 5.87. The van der Waals surface area contributed by atoms with Crippen molar-refractivity contribution in [1.82, 2.24) is 10.6 Å². The maximum absolute atomic E-state index is 12.4. The van der Waals surface area contributed by atoms with Crippen LogP contribution in [0.25, 0.3) is 0 Å². The molecular formula is C23H34N4O5. The monoisotopic (exact) mass is 446 g/mol. The van der Waals surface area contributed by atoms with Crippen LogP contribution in [0.3, 0.4) is 0 Å². The molecule has 3 amide bonds. The number of methoxy groups -OCH3 is 1. The van der Waals surface area contributed by atoms with E-state index in [1.165, 1.54) is 13.5 Å². The average Bonchev–Trinajstić information content (AvgIpc) is 2.83. The lowest BCUT2D eigenvalue weighted by Crippen LogP contribution is -2.43. The summed E-state index contributed by atoms with van der Waals surface area (Å²) in [5.41, 5.74) is 1.62. The number of amides is 3. The van der Waals surface area contributed by atoms with Gasteiger partial charge in [-0.15, -0.1) is 0 Å². The van der Waals surface area contributed by atoms with Gasteiger partial charge < -0.3 is 30.3 Å². The first-order valence-electron chi connectivity index (χ1n) is 11.5. The summed E-state index contributed by atoms with van der Waals surface area (Å²) in [6.07, 6.45) is 6.35. The molecule has 0 unspecified atom stereocenters. The summed E-state index contributed by atoms with van der Waals surface area (Å²) >= 11 is 0. The Morgan fingerprint density at radius 1 is 1.12 bits per heavy atom. The molecule has 2 fully saturated rings. The minimum Gasteiger partial charge on any atom is -0.465 e. The van der Waals surface area contributed by atoms with Crippen LogP contribution in [0.5, 0.6) is 0 Å². The van der Waals surface area contributed by atoms with Gasteiger partial charge in [-0.25, -0.2) is 9.59 Å². The standard InChI is InChI=1S/C23H34N4O5/c1-31-22(29)19-16-18(27-12-14-32-15-13-27)9-10-20(19)26-21(28)8-5-11-24-23(30)25-17-6-3-2-4-7-17/h9-10,16-17H,2-8,11-15H2,1H3,(H,26,28)(H2,24,25,30). The second-order valence-electron chi connectivity index (χ2n) is 8.21. The van der Waals surface area contributed by atoms with Gasteiger partial charge in [-0.05, 0) is 37.5 Å². The van der Waals surface area contributed by atoms with Crippen molar-refractivity contribution in [3.8, 4) is 0 Å². The maximum atomic E-state index is 12.4. The molecule has 176 valence electrons. The molecule has 0 spiro atoms. The number of hydrogen-bond acceptors (Lipinski definition) is 6. The quantitative estimate of drug-likeness (QED) is 0.418. The highest BCUT2D eigenvalue weighted by Gasteiger charge is 2.19. The predicted molar refractivity (Wildman–Crippen MR) is 122 cm³/mol. The van der Waals surface area contributed by atoms with Crippen molar-refractivity contribution >= 4 is 29.3 Å². The minimum atomic E-state index is -0.503. The fourth-order valence-electron chi connectivity index (χ4n) is 4.09. The normalized spacial score (nSPS) is 16.8. The van der Waals surface area contributed by atoms with Crippen molar-refractivity contribution in [1.29, 1.82) is 0 Å². The van der Waals surface area contributed by atoms with Crippen molar-refractivity contribution < 1.29 is 23.9 Å². The molecule has 0 radical (unpaired) electrons. The third-order valence-corrected chi connectivity index (χ3v) is 5.87. The number of nitrogens with zero attached hydrogens (tertiary/aromatic N) is 1. The molecule has 9 heteroatoms. The summed E-state index contributed by atoms with van der Waals surface area (Å²) in [7, 11) is 1.32. The first kappa shape index (κ1) is 23.8. The van der Waals surface area contributed by atoms with Gasteiger partial charge in [0.25, 0.3) is 0 Å². The molecule has 1 aliphatic heterocycles. The lowest BCUT2D eigenvalue weighted by atomic mass is 9.96. The van der Waals surface area contributed by atoms with Crippen molar-refractivity contribution in [3.05, 3.63) is 23.8 Å². The Balaban J connectivity index is 1.46. The average molecular weight is 447 g/mol. The first-order valence-corrected chi connectivity index (χ1v) is 11.5.